The van der Waals surface area contributed by atoms with E-state index in [4.69, 9.17) is 4.99 Å². The van der Waals surface area contributed by atoms with Crippen LogP contribution in [0.25, 0.3) is 6.08 Å². The van der Waals surface area contributed by atoms with Crippen LogP contribution in [0.4, 0.5) is 0 Å². The molecule has 1 nitrogen and oxygen atoms in total. The summed E-state index contributed by atoms with van der Waals surface area (Å²) in [5.41, 5.74) is 5.10. The molecule has 1 aliphatic carbocycles. The maximum Gasteiger partial charge on any atom is 0.100 e. The van der Waals surface area contributed by atoms with Crippen molar-refractivity contribution in [3.8, 4) is 0 Å². The van der Waals surface area contributed by atoms with Crippen LogP contribution in [0.1, 0.15) is 28.2 Å². The van der Waals surface area contributed by atoms with Gasteiger partial charge in [-0.15, -0.1) is 0 Å². The minimum Gasteiger partial charge on any atom is -0.280 e. The van der Waals surface area contributed by atoms with Gasteiger partial charge < -0.3 is 0 Å². The van der Waals surface area contributed by atoms with Gasteiger partial charge in [0.25, 0.3) is 0 Å². The van der Waals surface area contributed by atoms with E-state index in [0.29, 0.717) is 11.8 Å². The Morgan fingerprint density at radius 2 is 1.44 bits per heavy atom. The van der Waals surface area contributed by atoms with Gasteiger partial charge in [0, 0.05) is 18.1 Å². The Kier molecular flexibility index (Phi) is 3.21. The zero-order valence-electron chi connectivity index (χ0n) is 13.9. The van der Waals surface area contributed by atoms with Crippen molar-refractivity contribution in [2.24, 2.45) is 10.9 Å². The van der Waals surface area contributed by atoms with Crippen LogP contribution in [-0.2, 0) is 5.54 Å². The first-order chi connectivity index (χ1) is 12.4. The second-order valence-electron chi connectivity index (χ2n) is 6.85. The number of aliphatic imine (C=N–C) groups is 1. The van der Waals surface area contributed by atoms with E-state index < -0.39 is 0 Å². The Labute approximate surface area is 148 Å². The summed E-state index contributed by atoms with van der Waals surface area (Å²) >= 11 is 0. The largest absolute Gasteiger partial charge is 0.280 e. The van der Waals surface area contributed by atoms with Gasteiger partial charge in [0.05, 0.1) is 0 Å². The number of fused-ring (bicyclic) bond motifs is 3. The van der Waals surface area contributed by atoms with Crippen LogP contribution in [0.15, 0.2) is 96.0 Å². The first-order valence-corrected chi connectivity index (χ1v) is 8.82. The third-order valence-corrected chi connectivity index (χ3v) is 5.51. The van der Waals surface area contributed by atoms with Crippen LogP contribution >= 0.6 is 0 Å². The molecule has 0 amide bonds. The number of nitrogens with zero attached hydrogens (tertiary/aromatic N) is 1. The predicted molar refractivity (Wildman–Crippen MR) is 104 cm³/mol. The molecule has 0 radical (unpaired) electrons. The minimum absolute atomic E-state index is 0.138. The van der Waals surface area contributed by atoms with Crippen LogP contribution in [0.2, 0.25) is 0 Å². The summed E-state index contributed by atoms with van der Waals surface area (Å²) in [6.45, 7) is 0. The van der Waals surface area contributed by atoms with E-state index in [1.165, 1.54) is 22.3 Å². The van der Waals surface area contributed by atoms with Crippen molar-refractivity contribution in [2.75, 3.05) is 0 Å². The SMILES string of the molecule is C1=N[C@@]2(c3ccccc3)[C@H](/C=C/c3ccccc3)[C@H]2c2ccccc21. The molecule has 0 unspecified atom stereocenters. The molecule has 1 heterocycles. The highest BCUT2D eigenvalue weighted by Crippen LogP contribution is 2.69. The van der Waals surface area contributed by atoms with Gasteiger partial charge >= 0.3 is 0 Å². The Morgan fingerprint density at radius 1 is 0.760 bits per heavy atom. The van der Waals surface area contributed by atoms with Crippen LogP contribution in [0.5, 0.6) is 0 Å². The fourth-order valence-electron chi connectivity index (χ4n) is 4.27. The van der Waals surface area contributed by atoms with Crippen molar-refractivity contribution >= 4 is 12.3 Å². The van der Waals surface area contributed by atoms with Crippen molar-refractivity contribution in [3.05, 3.63) is 113 Å². The third-order valence-electron chi connectivity index (χ3n) is 5.51. The van der Waals surface area contributed by atoms with Crippen LogP contribution in [-0.4, -0.2) is 6.21 Å². The van der Waals surface area contributed by atoms with E-state index in [1.807, 2.05) is 0 Å². The summed E-state index contributed by atoms with van der Waals surface area (Å²) in [4.78, 5) is 5.06. The molecule has 1 heteroatoms. The molecule has 3 aromatic carbocycles. The summed E-state index contributed by atoms with van der Waals surface area (Å²) in [5.74, 6) is 0.825. The van der Waals surface area contributed by atoms with Gasteiger partial charge in [-0.1, -0.05) is 97.1 Å². The van der Waals surface area contributed by atoms with Gasteiger partial charge in [-0.05, 0) is 22.3 Å². The quantitative estimate of drug-likeness (QED) is 0.609. The Hall–Kier alpha value is -2.93. The molecule has 1 aliphatic heterocycles. The highest BCUT2D eigenvalue weighted by molar-refractivity contribution is 5.86. The van der Waals surface area contributed by atoms with Gasteiger partial charge in [-0.2, -0.15) is 0 Å². The average molecular weight is 321 g/mol. The van der Waals surface area contributed by atoms with Gasteiger partial charge in [0.1, 0.15) is 5.54 Å². The molecular formula is C24H19N. The molecule has 0 aromatic heterocycles. The third kappa shape index (κ3) is 2.20. The lowest BCUT2D eigenvalue weighted by Gasteiger charge is -2.18. The van der Waals surface area contributed by atoms with E-state index in [0.717, 1.165) is 0 Å². The zero-order chi connectivity index (χ0) is 16.7. The molecule has 1 saturated carbocycles. The van der Waals surface area contributed by atoms with E-state index in [1.54, 1.807) is 0 Å². The maximum absolute atomic E-state index is 5.06. The molecule has 0 N–H and O–H groups in total. The molecule has 0 spiro atoms. The summed E-state index contributed by atoms with van der Waals surface area (Å²) in [5, 5.41) is 0. The van der Waals surface area contributed by atoms with Crippen LogP contribution in [0.3, 0.4) is 0 Å². The van der Waals surface area contributed by atoms with Gasteiger partial charge in [-0.25, -0.2) is 0 Å². The van der Waals surface area contributed by atoms with Gasteiger partial charge in [0.15, 0.2) is 0 Å². The summed E-state index contributed by atoms with van der Waals surface area (Å²) in [6, 6.07) is 29.9. The number of hydrogen-bond acceptors (Lipinski definition) is 1. The Morgan fingerprint density at radius 3 is 2.24 bits per heavy atom. The lowest BCUT2D eigenvalue weighted by Crippen LogP contribution is -2.13. The molecule has 5 rings (SSSR count). The number of rotatable bonds is 3. The molecule has 0 saturated heterocycles. The van der Waals surface area contributed by atoms with Crippen molar-refractivity contribution in [3.63, 3.8) is 0 Å². The Bertz CT molecular complexity index is 956. The first-order valence-electron chi connectivity index (χ1n) is 8.82. The fraction of sp³-hybridized carbons (Fsp3) is 0.125. The lowest BCUT2D eigenvalue weighted by molar-refractivity contribution is 0.679. The normalized spacial score (nSPS) is 26.2. The van der Waals surface area contributed by atoms with E-state index in [9.17, 15) is 0 Å². The van der Waals surface area contributed by atoms with Gasteiger partial charge in [-0.3, -0.25) is 4.99 Å². The molecular weight excluding hydrogens is 302 g/mol. The molecule has 3 aromatic rings. The maximum atomic E-state index is 5.06. The van der Waals surface area contributed by atoms with Crippen molar-refractivity contribution in [1.82, 2.24) is 0 Å². The molecule has 120 valence electrons. The second kappa shape index (κ2) is 5.56. The smallest absolute Gasteiger partial charge is 0.100 e. The standard InChI is InChI=1S/C24H19N/c1-3-9-18(10-4-1)15-16-22-23-21-14-8-7-11-19(21)17-25-24(22,23)20-12-5-2-6-13-20/h1-17,22-23H/b16-15+/t22-,23-,24+/m1/s1. The molecule has 0 bridgehead atoms. The topological polar surface area (TPSA) is 12.4 Å². The minimum atomic E-state index is -0.138. The molecule has 2 aliphatic rings. The highest BCUT2D eigenvalue weighted by Gasteiger charge is 2.66. The first kappa shape index (κ1) is 14.4. The van der Waals surface area contributed by atoms with Crippen LogP contribution in [0, 0.1) is 5.92 Å². The lowest BCUT2D eigenvalue weighted by atomic mass is 9.94. The second-order valence-corrected chi connectivity index (χ2v) is 6.85. The zero-order valence-corrected chi connectivity index (χ0v) is 13.9. The summed E-state index contributed by atoms with van der Waals surface area (Å²) < 4.78 is 0. The van der Waals surface area contributed by atoms with E-state index in [-0.39, 0.29) is 5.54 Å². The highest BCUT2D eigenvalue weighted by atomic mass is 15.0. The summed E-state index contributed by atoms with van der Waals surface area (Å²) in [6.07, 6.45) is 6.66. The fourth-order valence-corrected chi connectivity index (χ4v) is 4.27. The summed E-state index contributed by atoms with van der Waals surface area (Å²) in [7, 11) is 0. The van der Waals surface area contributed by atoms with Gasteiger partial charge in [0.2, 0.25) is 0 Å². The van der Waals surface area contributed by atoms with E-state index in [2.05, 4.69) is 103 Å². The monoisotopic (exact) mass is 321 g/mol. The van der Waals surface area contributed by atoms with Crippen molar-refractivity contribution in [1.29, 1.82) is 0 Å². The van der Waals surface area contributed by atoms with Crippen LogP contribution < -0.4 is 0 Å². The molecule has 3 atom stereocenters. The van der Waals surface area contributed by atoms with E-state index >= 15 is 0 Å². The molecule has 1 fully saturated rings. The van der Waals surface area contributed by atoms with Crippen molar-refractivity contribution in [2.45, 2.75) is 11.5 Å². The number of benzene rings is 3. The predicted octanol–water partition coefficient (Wildman–Crippen LogP) is 5.44. The van der Waals surface area contributed by atoms with Crippen molar-refractivity contribution < 1.29 is 0 Å². The molecule has 25 heavy (non-hydrogen) atoms. The Balaban J connectivity index is 1.59. The number of hydrogen-bond donors (Lipinski definition) is 0. The average Bonchev–Trinajstić information content (AvgIpc) is 3.37.